The number of alkyl halides is 3. The third-order valence-corrected chi connectivity index (χ3v) is 3.14. The summed E-state index contributed by atoms with van der Waals surface area (Å²) in [5, 5.41) is 37.4. The maximum Gasteiger partial charge on any atom is 0.573 e. The first-order valence-electron chi connectivity index (χ1n) is 6.48. The molecule has 0 amide bonds. The van der Waals surface area contributed by atoms with Gasteiger partial charge >= 0.3 is 6.36 Å². The predicted octanol–water partition coefficient (Wildman–Crippen LogP) is 3.33. The van der Waals surface area contributed by atoms with E-state index in [1.54, 1.807) is 12.1 Å². The summed E-state index contributed by atoms with van der Waals surface area (Å²) in [4.78, 5) is 0. The molecule has 0 heterocycles. The largest absolute Gasteiger partial charge is 0.573 e. The van der Waals surface area contributed by atoms with Gasteiger partial charge in [-0.2, -0.15) is 10.5 Å². The molecular weight excluding hydrogens is 325 g/mol. The number of phenolic OH excluding ortho intramolecular Hbond substituents is 2. The minimum absolute atomic E-state index is 0.0672. The number of nitrogens with zero attached hydrogens (tertiary/aromatic N) is 2. The quantitative estimate of drug-likeness (QED) is 0.839. The van der Waals surface area contributed by atoms with Crippen LogP contribution in [0.2, 0.25) is 0 Å². The zero-order valence-corrected chi connectivity index (χ0v) is 11.9. The van der Waals surface area contributed by atoms with Gasteiger partial charge in [-0.3, -0.25) is 0 Å². The molecule has 122 valence electrons. The van der Waals surface area contributed by atoms with E-state index in [1.807, 2.05) is 0 Å². The van der Waals surface area contributed by atoms with Crippen LogP contribution in [0.15, 0.2) is 30.3 Å². The monoisotopic (exact) mass is 334 g/mol. The van der Waals surface area contributed by atoms with E-state index in [-0.39, 0.29) is 23.1 Å². The fourth-order valence-corrected chi connectivity index (χ4v) is 2.12. The van der Waals surface area contributed by atoms with Crippen LogP contribution in [0.4, 0.5) is 13.2 Å². The van der Waals surface area contributed by atoms with Crippen molar-refractivity contribution in [2.24, 2.45) is 0 Å². The fraction of sp³-hybridized carbons (Fsp3) is 0.125. The van der Waals surface area contributed by atoms with Crippen molar-refractivity contribution in [3.05, 3.63) is 52.6 Å². The van der Waals surface area contributed by atoms with Crippen LogP contribution in [0.5, 0.6) is 17.2 Å². The lowest BCUT2D eigenvalue weighted by atomic mass is 9.95. The van der Waals surface area contributed by atoms with Crippen LogP contribution in [0.3, 0.4) is 0 Å². The summed E-state index contributed by atoms with van der Waals surface area (Å²) in [6.07, 6.45) is -4.72. The van der Waals surface area contributed by atoms with E-state index >= 15 is 0 Å². The highest BCUT2D eigenvalue weighted by molar-refractivity contribution is 5.63. The van der Waals surface area contributed by atoms with E-state index in [0.29, 0.717) is 5.56 Å². The first-order valence-corrected chi connectivity index (χ1v) is 6.48. The third-order valence-electron chi connectivity index (χ3n) is 3.14. The minimum atomic E-state index is -4.79. The fourth-order valence-electron chi connectivity index (χ4n) is 2.12. The van der Waals surface area contributed by atoms with Crippen molar-refractivity contribution in [2.75, 3.05) is 0 Å². The Bertz CT molecular complexity index is 847. The lowest BCUT2D eigenvalue weighted by Crippen LogP contribution is -2.17. The molecule has 0 spiro atoms. The van der Waals surface area contributed by atoms with Crippen molar-refractivity contribution in [1.82, 2.24) is 0 Å². The second-order valence-electron chi connectivity index (χ2n) is 4.75. The third kappa shape index (κ3) is 3.68. The van der Waals surface area contributed by atoms with Crippen LogP contribution in [-0.2, 0) is 6.42 Å². The molecule has 0 radical (unpaired) electrons. The number of hydrogen-bond acceptors (Lipinski definition) is 5. The predicted molar refractivity (Wildman–Crippen MR) is 75.1 cm³/mol. The molecule has 0 saturated heterocycles. The summed E-state index contributed by atoms with van der Waals surface area (Å²) in [5.41, 5.74) is 0.316. The molecule has 0 aliphatic rings. The number of halogens is 3. The Kier molecular flexibility index (Phi) is 4.52. The van der Waals surface area contributed by atoms with Crippen molar-refractivity contribution < 1.29 is 28.1 Å². The van der Waals surface area contributed by atoms with Crippen molar-refractivity contribution in [3.8, 4) is 29.4 Å². The number of phenols is 2. The lowest BCUT2D eigenvalue weighted by Gasteiger charge is -2.11. The van der Waals surface area contributed by atoms with Gasteiger partial charge in [0.1, 0.15) is 23.5 Å². The summed E-state index contributed by atoms with van der Waals surface area (Å²) >= 11 is 0. The van der Waals surface area contributed by atoms with Gasteiger partial charge in [-0.1, -0.05) is 12.1 Å². The summed E-state index contributed by atoms with van der Waals surface area (Å²) in [6.45, 7) is 0. The van der Waals surface area contributed by atoms with Gasteiger partial charge in [-0.15, -0.1) is 13.2 Å². The van der Waals surface area contributed by atoms with E-state index in [0.717, 1.165) is 18.2 Å². The molecule has 2 aromatic carbocycles. The first-order chi connectivity index (χ1) is 11.2. The summed E-state index contributed by atoms with van der Waals surface area (Å²) in [5.74, 6) is -1.64. The van der Waals surface area contributed by atoms with Crippen molar-refractivity contribution in [2.45, 2.75) is 12.8 Å². The van der Waals surface area contributed by atoms with Gasteiger partial charge < -0.3 is 14.9 Å². The number of hydrogen-bond donors (Lipinski definition) is 2. The number of ether oxygens (including phenoxy) is 1. The molecule has 8 heteroatoms. The van der Waals surface area contributed by atoms with E-state index < -0.39 is 23.6 Å². The number of rotatable bonds is 3. The molecule has 0 aliphatic heterocycles. The molecule has 0 bridgehead atoms. The topological polar surface area (TPSA) is 97.3 Å². The molecule has 0 atom stereocenters. The normalized spacial score (nSPS) is 10.7. The van der Waals surface area contributed by atoms with E-state index in [1.165, 1.54) is 12.1 Å². The highest BCUT2D eigenvalue weighted by Crippen LogP contribution is 2.34. The highest BCUT2D eigenvalue weighted by atomic mass is 19.4. The Balaban J connectivity index is 2.34. The first kappa shape index (κ1) is 17.0. The molecule has 2 N–H and O–H groups in total. The van der Waals surface area contributed by atoms with E-state index in [9.17, 15) is 23.4 Å². The van der Waals surface area contributed by atoms with Gasteiger partial charge in [-0.05, 0) is 35.7 Å². The van der Waals surface area contributed by atoms with Crippen molar-refractivity contribution in [1.29, 1.82) is 10.5 Å². The van der Waals surface area contributed by atoms with Crippen LogP contribution >= 0.6 is 0 Å². The Hall–Kier alpha value is -3.39. The molecule has 0 unspecified atom stereocenters. The molecule has 2 rings (SSSR count). The van der Waals surface area contributed by atoms with Gasteiger partial charge in [0.25, 0.3) is 0 Å². The second kappa shape index (κ2) is 6.39. The zero-order valence-electron chi connectivity index (χ0n) is 11.9. The Morgan fingerprint density at radius 1 is 1.00 bits per heavy atom. The van der Waals surface area contributed by atoms with Crippen LogP contribution in [0.1, 0.15) is 22.3 Å². The minimum Gasteiger partial charge on any atom is -0.504 e. The molecule has 0 fully saturated rings. The van der Waals surface area contributed by atoms with Gasteiger partial charge in [0, 0.05) is 0 Å². The van der Waals surface area contributed by atoms with Crippen molar-refractivity contribution >= 4 is 0 Å². The van der Waals surface area contributed by atoms with Gasteiger partial charge in [-0.25, -0.2) is 0 Å². The Labute approximate surface area is 134 Å². The average molecular weight is 334 g/mol. The summed E-state index contributed by atoms with van der Waals surface area (Å²) in [6, 6.07) is 9.49. The number of aromatic hydroxyl groups is 2. The van der Waals surface area contributed by atoms with Crippen molar-refractivity contribution in [3.63, 3.8) is 0 Å². The van der Waals surface area contributed by atoms with Gasteiger partial charge in [0.15, 0.2) is 11.5 Å². The zero-order chi connectivity index (χ0) is 17.9. The van der Waals surface area contributed by atoms with Crippen LogP contribution in [-0.4, -0.2) is 16.6 Å². The summed E-state index contributed by atoms with van der Waals surface area (Å²) in [7, 11) is 0. The maximum atomic E-state index is 12.1. The van der Waals surface area contributed by atoms with Crippen LogP contribution < -0.4 is 4.74 Å². The smallest absolute Gasteiger partial charge is 0.504 e. The van der Waals surface area contributed by atoms with E-state index in [2.05, 4.69) is 4.74 Å². The Morgan fingerprint density at radius 3 is 2.08 bits per heavy atom. The van der Waals surface area contributed by atoms with Crippen LogP contribution in [0.25, 0.3) is 0 Å². The standard InChI is InChI=1S/C16H9F3N2O3/c17-16(18,19)24-11-3-1-9(2-4-11)5-10-6-14(22)15(23)13(8-21)12(10)7-20/h1-4,6,22-23H,5H2. The Morgan fingerprint density at radius 2 is 1.58 bits per heavy atom. The molecule has 0 aromatic heterocycles. The molecule has 24 heavy (non-hydrogen) atoms. The second-order valence-corrected chi connectivity index (χ2v) is 4.75. The number of benzene rings is 2. The average Bonchev–Trinajstić information content (AvgIpc) is 2.50. The number of nitriles is 2. The SMILES string of the molecule is N#Cc1c(Cc2ccc(OC(F)(F)F)cc2)cc(O)c(O)c1C#N. The van der Waals surface area contributed by atoms with Crippen LogP contribution in [0, 0.1) is 22.7 Å². The lowest BCUT2D eigenvalue weighted by molar-refractivity contribution is -0.274. The summed E-state index contributed by atoms with van der Waals surface area (Å²) < 4.78 is 40.1. The molecule has 5 nitrogen and oxygen atoms in total. The van der Waals surface area contributed by atoms with Gasteiger partial charge in [0.05, 0.1) is 5.56 Å². The molecule has 0 saturated carbocycles. The molecule has 0 aliphatic carbocycles. The molecular formula is C16H9F3N2O3. The highest BCUT2D eigenvalue weighted by Gasteiger charge is 2.31. The maximum absolute atomic E-state index is 12.1. The molecule has 2 aromatic rings. The van der Waals surface area contributed by atoms with E-state index in [4.69, 9.17) is 10.5 Å². The van der Waals surface area contributed by atoms with Gasteiger partial charge in [0.2, 0.25) is 0 Å².